The predicted molar refractivity (Wildman–Crippen MR) is 141 cm³/mol. The number of benzene rings is 2. The van der Waals surface area contributed by atoms with Crippen LogP contribution >= 0.6 is 23.1 Å². The van der Waals surface area contributed by atoms with E-state index in [1.165, 1.54) is 40.5 Å². The molecule has 0 unspecified atom stereocenters. The number of para-hydroxylation sites is 1. The summed E-state index contributed by atoms with van der Waals surface area (Å²) in [6, 6.07) is 19.4. The van der Waals surface area contributed by atoms with E-state index in [-0.39, 0.29) is 12.3 Å². The molecular weight excluding hydrogens is 524 g/mol. The monoisotopic (exact) mass is 550 g/mol. The van der Waals surface area contributed by atoms with Crippen molar-refractivity contribution in [3.05, 3.63) is 82.2 Å². The molecule has 2 aromatic carbocycles. The molecule has 0 saturated carbocycles. The molecule has 0 saturated heterocycles. The number of ether oxygens (including phenoxy) is 1. The fraction of sp³-hybridized carbons (Fsp3) is 0.259. The number of methoxy groups -OCH3 is 1. The third-order valence-corrected chi connectivity index (χ3v) is 8.32. The van der Waals surface area contributed by atoms with E-state index in [1.54, 1.807) is 0 Å². The molecule has 3 heterocycles. The lowest BCUT2D eigenvalue weighted by atomic mass is 10.0. The number of fused-ring (bicyclic) bond motifs is 1. The second kappa shape index (κ2) is 11.8. The number of hydrogen-bond donors (Lipinski definition) is 1. The van der Waals surface area contributed by atoms with Crippen LogP contribution in [0, 0.1) is 0 Å². The summed E-state index contributed by atoms with van der Waals surface area (Å²) in [5.74, 6) is -0.928. The first-order chi connectivity index (χ1) is 18.5. The smallest absolute Gasteiger partial charge is 0.341 e. The fourth-order valence-electron chi connectivity index (χ4n) is 4.36. The van der Waals surface area contributed by atoms with Crippen molar-refractivity contribution in [1.29, 1.82) is 0 Å². The minimum absolute atomic E-state index is 0.132. The largest absolute Gasteiger partial charge is 0.538 e. The number of carbonyl (C=O) groups is 2. The zero-order chi connectivity index (χ0) is 26.5. The minimum Gasteiger partial charge on any atom is -0.538 e. The third-order valence-electron chi connectivity index (χ3n) is 6.17. The van der Waals surface area contributed by atoms with Crippen molar-refractivity contribution in [3.63, 3.8) is 0 Å². The molecule has 38 heavy (non-hydrogen) atoms. The molecule has 0 bridgehead atoms. The predicted octanol–water partition coefficient (Wildman–Crippen LogP) is 3.55. The van der Waals surface area contributed by atoms with Crippen LogP contribution < -0.4 is 15.1 Å². The van der Waals surface area contributed by atoms with Gasteiger partial charge in [0.1, 0.15) is 5.00 Å². The quantitative estimate of drug-likeness (QED) is 0.191. The maximum atomic E-state index is 12.9. The van der Waals surface area contributed by atoms with Crippen molar-refractivity contribution in [2.45, 2.75) is 31.0 Å². The SMILES string of the molecule is COC(=O)c1c(NC(=O)CCSc2c([O-])on[n+]2-c2ccccc2)sc2c1CCN(Cc1ccccc1)C2. The lowest BCUT2D eigenvalue weighted by molar-refractivity contribution is -0.705. The van der Waals surface area contributed by atoms with Gasteiger partial charge in [-0.25, -0.2) is 4.79 Å². The van der Waals surface area contributed by atoms with Gasteiger partial charge in [-0.05, 0) is 22.2 Å². The molecule has 1 amide bonds. The van der Waals surface area contributed by atoms with E-state index in [2.05, 4.69) is 27.6 Å². The number of thioether (sulfide) groups is 1. The normalized spacial score (nSPS) is 13.2. The number of hydrogen-bond acceptors (Lipinski definition) is 9. The first-order valence-electron chi connectivity index (χ1n) is 12.1. The van der Waals surface area contributed by atoms with Crippen LogP contribution in [0.3, 0.4) is 0 Å². The van der Waals surface area contributed by atoms with E-state index in [0.29, 0.717) is 40.0 Å². The summed E-state index contributed by atoms with van der Waals surface area (Å²) in [4.78, 5) is 28.9. The van der Waals surface area contributed by atoms with Gasteiger partial charge in [0, 0.05) is 48.8 Å². The molecule has 1 N–H and O–H groups in total. The number of aromatic nitrogens is 2. The number of nitrogens with one attached hydrogen (secondary N) is 1. The Balaban J connectivity index is 1.25. The molecule has 196 valence electrons. The van der Waals surface area contributed by atoms with Gasteiger partial charge in [0.2, 0.25) is 11.6 Å². The average Bonchev–Trinajstić information content (AvgIpc) is 3.48. The maximum absolute atomic E-state index is 12.9. The Morgan fingerprint density at radius 1 is 1.18 bits per heavy atom. The Labute approximate surface area is 228 Å². The molecule has 0 aliphatic carbocycles. The van der Waals surface area contributed by atoms with Crippen LogP contribution in [0.1, 0.15) is 32.8 Å². The molecule has 1 aliphatic heterocycles. The molecule has 4 aromatic rings. The second-order valence-electron chi connectivity index (χ2n) is 8.71. The molecular formula is C27H26N4O5S2. The Kier molecular flexibility index (Phi) is 8.06. The van der Waals surface area contributed by atoms with Crippen LogP contribution in [0.25, 0.3) is 5.69 Å². The first-order valence-corrected chi connectivity index (χ1v) is 13.9. The minimum atomic E-state index is -0.557. The topological polar surface area (TPSA) is 112 Å². The number of carbonyl (C=O) groups excluding carboxylic acids is 2. The van der Waals surface area contributed by atoms with Crippen LogP contribution in [0.15, 0.2) is 70.2 Å². The number of esters is 1. The van der Waals surface area contributed by atoms with Gasteiger partial charge in [-0.2, -0.15) is 0 Å². The molecule has 0 radical (unpaired) electrons. The summed E-state index contributed by atoms with van der Waals surface area (Å²) in [6.45, 7) is 2.33. The Bertz CT molecular complexity index is 1420. The third kappa shape index (κ3) is 5.74. The first kappa shape index (κ1) is 26.0. The van der Waals surface area contributed by atoms with E-state index < -0.39 is 11.9 Å². The molecule has 9 nitrogen and oxygen atoms in total. The number of rotatable bonds is 9. The van der Waals surface area contributed by atoms with Crippen LogP contribution in [-0.2, 0) is 29.0 Å². The molecule has 11 heteroatoms. The highest BCUT2D eigenvalue weighted by atomic mass is 32.2. The van der Waals surface area contributed by atoms with Crippen LogP contribution in [0.5, 0.6) is 5.95 Å². The van der Waals surface area contributed by atoms with Gasteiger partial charge >= 0.3 is 5.97 Å². The summed E-state index contributed by atoms with van der Waals surface area (Å²) >= 11 is 2.62. The van der Waals surface area contributed by atoms with Crippen LogP contribution in [-0.4, -0.2) is 41.5 Å². The highest BCUT2D eigenvalue weighted by Gasteiger charge is 2.29. The number of amides is 1. The summed E-state index contributed by atoms with van der Waals surface area (Å²) in [7, 11) is 1.35. The van der Waals surface area contributed by atoms with Gasteiger partial charge < -0.3 is 19.7 Å². The van der Waals surface area contributed by atoms with E-state index in [0.717, 1.165) is 23.5 Å². The summed E-state index contributed by atoms with van der Waals surface area (Å²) in [5, 5.41) is 19.7. The summed E-state index contributed by atoms with van der Waals surface area (Å²) < 4.78 is 11.3. The molecule has 0 fully saturated rings. The number of nitrogens with zero attached hydrogens (tertiary/aromatic N) is 3. The standard InChI is InChI=1S/C27H26N4O5S2/c1-35-26(33)23-20-12-14-30(16-18-8-4-2-5-9-18)17-21(20)38-24(23)28-22(32)13-15-37-25-27(34)36-29-31(25)19-10-6-3-7-11-19/h2-11H,12-17H2,1H3,(H-,28,29,32,33,34). The van der Waals surface area contributed by atoms with E-state index >= 15 is 0 Å². The van der Waals surface area contributed by atoms with Gasteiger partial charge in [0.25, 0.3) is 5.03 Å². The molecule has 1 aliphatic rings. The van der Waals surface area contributed by atoms with Gasteiger partial charge in [-0.15, -0.1) is 11.3 Å². The average molecular weight is 551 g/mol. The maximum Gasteiger partial charge on any atom is 0.341 e. The fourth-order valence-corrected chi connectivity index (χ4v) is 6.55. The Morgan fingerprint density at radius 2 is 1.92 bits per heavy atom. The zero-order valence-electron chi connectivity index (χ0n) is 20.7. The van der Waals surface area contributed by atoms with Gasteiger partial charge in [0.15, 0.2) is 5.95 Å². The van der Waals surface area contributed by atoms with Gasteiger partial charge in [-0.1, -0.05) is 60.3 Å². The lowest BCUT2D eigenvalue weighted by Crippen LogP contribution is -2.34. The van der Waals surface area contributed by atoms with Crippen molar-refractivity contribution in [2.75, 3.05) is 24.7 Å². The van der Waals surface area contributed by atoms with Gasteiger partial charge in [-0.3, -0.25) is 9.69 Å². The van der Waals surface area contributed by atoms with E-state index in [4.69, 9.17) is 9.26 Å². The highest BCUT2D eigenvalue weighted by Crippen LogP contribution is 2.38. The summed E-state index contributed by atoms with van der Waals surface area (Å²) in [5.41, 5.74) is 3.31. The van der Waals surface area contributed by atoms with Crippen molar-refractivity contribution in [2.24, 2.45) is 0 Å². The van der Waals surface area contributed by atoms with E-state index in [1.807, 2.05) is 48.5 Å². The summed E-state index contributed by atoms with van der Waals surface area (Å²) in [6.07, 6.45) is 0.835. The van der Waals surface area contributed by atoms with Crippen LogP contribution in [0.4, 0.5) is 5.00 Å². The van der Waals surface area contributed by atoms with Crippen molar-refractivity contribution < 1.29 is 28.6 Å². The van der Waals surface area contributed by atoms with Crippen molar-refractivity contribution in [3.8, 4) is 11.6 Å². The molecule has 5 rings (SSSR count). The Hall–Kier alpha value is -3.67. The molecule has 0 atom stereocenters. The Morgan fingerprint density at radius 3 is 2.66 bits per heavy atom. The zero-order valence-corrected chi connectivity index (χ0v) is 22.3. The number of thiophene rings is 1. The van der Waals surface area contributed by atoms with E-state index in [9.17, 15) is 14.7 Å². The lowest BCUT2D eigenvalue weighted by Gasteiger charge is -2.27. The highest BCUT2D eigenvalue weighted by molar-refractivity contribution is 7.99. The van der Waals surface area contributed by atoms with Gasteiger partial charge in [0.05, 0.1) is 17.9 Å². The van der Waals surface area contributed by atoms with Crippen molar-refractivity contribution >= 4 is 40.0 Å². The number of anilines is 1. The molecule has 2 aromatic heterocycles. The van der Waals surface area contributed by atoms with Crippen molar-refractivity contribution in [1.82, 2.24) is 10.2 Å². The second-order valence-corrected chi connectivity index (χ2v) is 10.9. The molecule has 0 spiro atoms. The van der Waals surface area contributed by atoms with Crippen LogP contribution in [0.2, 0.25) is 0 Å².